The number of nitrogens with zero attached hydrogens (tertiary/aromatic N) is 3. The van der Waals surface area contributed by atoms with Crippen molar-refractivity contribution in [2.75, 3.05) is 18.8 Å². The van der Waals surface area contributed by atoms with Crippen LogP contribution < -0.4 is 0 Å². The van der Waals surface area contributed by atoms with Gasteiger partial charge < -0.3 is 9.67 Å². The first-order chi connectivity index (χ1) is 10.9. The van der Waals surface area contributed by atoms with Crippen molar-refractivity contribution < 1.29 is 13.5 Å². The van der Waals surface area contributed by atoms with E-state index in [0.29, 0.717) is 6.42 Å². The number of sulfonamides is 1. The first-order valence-corrected chi connectivity index (χ1v) is 9.36. The van der Waals surface area contributed by atoms with Gasteiger partial charge in [0.05, 0.1) is 35.6 Å². The molecule has 7 heteroatoms. The van der Waals surface area contributed by atoms with Crippen LogP contribution in [0.5, 0.6) is 0 Å². The van der Waals surface area contributed by atoms with E-state index < -0.39 is 15.6 Å². The van der Waals surface area contributed by atoms with Crippen molar-refractivity contribution in [2.24, 2.45) is 0 Å². The van der Waals surface area contributed by atoms with Gasteiger partial charge in [-0.05, 0) is 12.5 Å². The van der Waals surface area contributed by atoms with Gasteiger partial charge in [-0.3, -0.25) is 0 Å². The van der Waals surface area contributed by atoms with Gasteiger partial charge in [0, 0.05) is 25.1 Å². The maximum atomic E-state index is 11.9. The molecule has 2 aliphatic heterocycles. The molecule has 1 fully saturated rings. The van der Waals surface area contributed by atoms with Crippen molar-refractivity contribution in [3.63, 3.8) is 0 Å². The monoisotopic (exact) mass is 333 g/mol. The van der Waals surface area contributed by atoms with E-state index in [4.69, 9.17) is 0 Å². The molecule has 3 heterocycles. The fourth-order valence-corrected chi connectivity index (χ4v) is 4.86. The minimum absolute atomic E-state index is 0.000167. The lowest BCUT2D eigenvalue weighted by molar-refractivity contribution is -0.0708. The van der Waals surface area contributed by atoms with Crippen LogP contribution in [0.25, 0.3) is 11.3 Å². The van der Waals surface area contributed by atoms with Crippen LogP contribution in [0.2, 0.25) is 0 Å². The first kappa shape index (κ1) is 14.9. The Morgan fingerprint density at radius 2 is 2.09 bits per heavy atom. The SMILES string of the molecule is CCS(=O)(=O)N1CC(O)(C[C@@H]2c3ccccc3-c3cncn32)C1. The molecule has 1 N–H and O–H groups in total. The fraction of sp³-hybridized carbons (Fsp3) is 0.438. The number of benzene rings is 1. The molecule has 2 aliphatic rings. The van der Waals surface area contributed by atoms with Crippen molar-refractivity contribution in [1.29, 1.82) is 0 Å². The molecule has 1 saturated heterocycles. The highest BCUT2D eigenvalue weighted by Gasteiger charge is 2.48. The van der Waals surface area contributed by atoms with Crippen LogP contribution in [0, 0.1) is 0 Å². The molecule has 0 amide bonds. The van der Waals surface area contributed by atoms with Crippen LogP contribution in [-0.4, -0.2) is 51.8 Å². The average molecular weight is 333 g/mol. The summed E-state index contributed by atoms with van der Waals surface area (Å²) in [6, 6.07) is 8.10. The zero-order valence-electron chi connectivity index (χ0n) is 12.9. The van der Waals surface area contributed by atoms with Crippen LogP contribution in [0.15, 0.2) is 36.8 Å². The van der Waals surface area contributed by atoms with E-state index in [1.54, 1.807) is 13.3 Å². The van der Waals surface area contributed by atoms with Gasteiger partial charge in [-0.1, -0.05) is 24.3 Å². The quantitative estimate of drug-likeness (QED) is 0.913. The maximum Gasteiger partial charge on any atom is 0.214 e. The summed E-state index contributed by atoms with van der Waals surface area (Å²) in [6.45, 7) is 1.97. The Balaban J connectivity index is 1.59. The molecule has 2 aromatic rings. The summed E-state index contributed by atoms with van der Waals surface area (Å²) in [5.41, 5.74) is 2.36. The molecule has 122 valence electrons. The van der Waals surface area contributed by atoms with Crippen LogP contribution >= 0.6 is 0 Å². The highest BCUT2D eigenvalue weighted by molar-refractivity contribution is 7.89. The van der Waals surface area contributed by atoms with Crippen LogP contribution in [-0.2, 0) is 10.0 Å². The molecule has 1 atom stereocenters. The van der Waals surface area contributed by atoms with Crippen molar-refractivity contribution in [2.45, 2.75) is 25.0 Å². The van der Waals surface area contributed by atoms with Crippen molar-refractivity contribution >= 4 is 10.0 Å². The van der Waals surface area contributed by atoms with Crippen molar-refractivity contribution in [1.82, 2.24) is 13.9 Å². The van der Waals surface area contributed by atoms with E-state index in [1.165, 1.54) is 4.31 Å². The van der Waals surface area contributed by atoms with E-state index >= 15 is 0 Å². The van der Waals surface area contributed by atoms with E-state index in [1.807, 2.05) is 18.3 Å². The number of aromatic nitrogens is 2. The van der Waals surface area contributed by atoms with Gasteiger partial charge >= 0.3 is 0 Å². The smallest absolute Gasteiger partial charge is 0.214 e. The summed E-state index contributed by atoms with van der Waals surface area (Å²) < 4.78 is 27.2. The van der Waals surface area contributed by atoms with E-state index in [2.05, 4.69) is 21.7 Å². The molecule has 23 heavy (non-hydrogen) atoms. The molecule has 6 nitrogen and oxygen atoms in total. The van der Waals surface area contributed by atoms with Crippen LogP contribution in [0.3, 0.4) is 0 Å². The Hall–Kier alpha value is -1.70. The Morgan fingerprint density at radius 1 is 1.35 bits per heavy atom. The Morgan fingerprint density at radius 3 is 2.83 bits per heavy atom. The van der Waals surface area contributed by atoms with Crippen molar-refractivity contribution in [3.05, 3.63) is 42.4 Å². The van der Waals surface area contributed by atoms with Gasteiger partial charge in [0.2, 0.25) is 10.0 Å². The summed E-state index contributed by atoms with van der Waals surface area (Å²) in [4.78, 5) is 4.21. The van der Waals surface area contributed by atoms with Crippen LogP contribution in [0.4, 0.5) is 0 Å². The predicted molar refractivity (Wildman–Crippen MR) is 86.4 cm³/mol. The van der Waals surface area contributed by atoms with Gasteiger partial charge in [-0.25, -0.2) is 13.4 Å². The largest absolute Gasteiger partial charge is 0.387 e. The van der Waals surface area contributed by atoms with Crippen molar-refractivity contribution in [3.8, 4) is 11.3 Å². The first-order valence-electron chi connectivity index (χ1n) is 7.75. The molecule has 0 unspecified atom stereocenters. The lowest BCUT2D eigenvalue weighted by Gasteiger charge is -2.46. The third kappa shape index (κ3) is 2.22. The number of fused-ring (bicyclic) bond motifs is 3. The molecule has 0 spiro atoms. The molecule has 1 aromatic carbocycles. The molecule has 0 bridgehead atoms. The third-order valence-corrected chi connectivity index (χ3v) is 6.65. The molecular weight excluding hydrogens is 314 g/mol. The standard InChI is InChI=1S/C16H19N3O3S/c1-2-23(21,22)18-9-16(20,10-18)7-14-12-5-3-4-6-13(12)15-8-17-11-19(14)15/h3-6,8,11,14,20H,2,7,9-10H2,1H3/t14-/m1/s1. The predicted octanol–water partition coefficient (Wildman–Crippen LogP) is 1.24. The lowest BCUT2D eigenvalue weighted by atomic mass is 9.86. The van der Waals surface area contributed by atoms with E-state index in [0.717, 1.165) is 16.8 Å². The summed E-state index contributed by atoms with van der Waals surface area (Å²) in [6.07, 6.45) is 4.10. The summed E-state index contributed by atoms with van der Waals surface area (Å²) in [5.74, 6) is 0.0704. The second-order valence-corrected chi connectivity index (χ2v) is 8.64. The van der Waals surface area contributed by atoms with Gasteiger partial charge in [-0.15, -0.1) is 0 Å². The fourth-order valence-electron chi connectivity index (χ4n) is 3.62. The molecule has 4 rings (SSSR count). The normalized spacial score (nSPS) is 22.4. The number of hydrogen-bond acceptors (Lipinski definition) is 4. The maximum absolute atomic E-state index is 11.9. The van der Waals surface area contributed by atoms with Crippen LogP contribution in [0.1, 0.15) is 24.9 Å². The van der Waals surface area contributed by atoms with E-state index in [9.17, 15) is 13.5 Å². The van der Waals surface area contributed by atoms with Gasteiger partial charge in [0.1, 0.15) is 0 Å². The Labute approximate surface area is 135 Å². The van der Waals surface area contributed by atoms with E-state index in [-0.39, 0.29) is 24.9 Å². The molecule has 0 aliphatic carbocycles. The van der Waals surface area contributed by atoms with Gasteiger partial charge in [0.15, 0.2) is 0 Å². The summed E-state index contributed by atoms with van der Waals surface area (Å²) in [7, 11) is -3.22. The van der Waals surface area contributed by atoms with Gasteiger partial charge in [0.25, 0.3) is 0 Å². The Kier molecular flexibility index (Phi) is 3.16. The highest BCUT2D eigenvalue weighted by Crippen LogP contribution is 2.44. The highest BCUT2D eigenvalue weighted by atomic mass is 32.2. The topological polar surface area (TPSA) is 75.4 Å². The lowest BCUT2D eigenvalue weighted by Crippen LogP contribution is -2.64. The van der Waals surface area contributed by atoms with Gasteiger partial charge in [-0.2, -0.15) is 4.31 Å². The second kappa shape index (κ2) is 4.90. The zero-order valence-corrected chi connectivity index (χ0v) is 13.7. The summed E-state index contributed by atoms with van der Waals surface area (Å²) in [5, 5.41) is 10.7. The molecule has 0 radical (unpaired) electrons. The minimum atomic E-state index is -3.22. The summed E-state index contributed by atoms with van der Waals surface area (Å²) >= 11 is 0. The Bertz CT molecular complexity index is 853. The zero-order chi connectivity index (χ0) is 16.2. The number of β-amino-alcohol motifs (C(OH)–C–C–N with tert-alkyl or cyclic N) is 1. The third-order valence-electron chi connectivity index (χ3n) is 4.87. The molecular formula is C16H19N3O3S. The number of hydrogen-bond donors (Lipinski definition) is 1. The minimum Gasteiger partial charge on any atom is -0.387 e. The number of aliphatic hydroxyl groups is 1. The average Bonchev–Trinajstić information content (AvgIpc) is 3.08. The molecule has 0 saturated carbocycles. The number of rotatable bonds is 4. The molecule has 1 aromatic heterocycles. The second-order valence-electron chi connectivity index (χ2n) is 6.39. The number of imidazole rings is 1.